The van der Waals surface area contributed by atoms with Gasteiger partial charge in [0.2, 0.25) is 0 Å². The topological polar surface area (TPSA) is 52.6 Å². The average Bonchev–Trinajstić information content (AvgIpc) is 2.41. The number of hydrogen-bond donors (Lipinski definition) is 0. The first-order valence-electron chi connectivity index (χ1n) is 5.26. The van der Waals surface area contributed by atoms with Crippen LogP contribution in [0.15, 0.2) is 0 Å². The van der Waals surface area contributed by atoms with Crippen molar-refractivity contribution in [2.45, 2.75) is 6.42 Å². The van der Waals surface area contributed by atoms with Gasteiger partial charge in [0.25, 0.3) is 1.45 Å². The van der Waals surface area contributed by atoms with Gasteiger partial charge in [0.15, 0.2) is 0 Å². The van der Waals surface area contributed by atoms with E-state index in [1.807, 2.05) is 0 Å². The zero-order valence-electron chi connectivity index (χ0n) is 10.8. The molecular weight excluding hydrogens is 216 g/mol. The molecule has 1 aliphatic rings. The molecule has 1 aliphatic heterocycles. The van der Waals surface area contributed by atoms with Gasteiger partial charge in [-0.2, -0.15) is 0 Å². The molecule has 0 unspecified atom stereocenters. The van der Waals surface area contributed by atoms with Crippen molar-refractivity contribution in [2.75, 3.05) is 47.0 Å². The number of hydrogen-bond acceptors (Lipinski definition) is 4. The van der Waals surface area contributed by atoms with E-state index in [0.29, 0.717) is 6.42 Å². The minimum atomic E-state index is -0.120. The van der Waals surface area contributed by atoms with E-state index in [-0.39, 0.29) is 5.97 Å². The molecular formula is C9H19BFNO4+. The summed E-state index contributed by atoms with van der Waals surface area (Å²) in [5.74, 6) is -0.120. The summed E-state index contributed by atoms with van der Waals surface area (Å²) in [7, 11) is 6.84. The molecule has 0 saturated carbocycles. The van der Waals surface area contributed by atoms with Gasteiger partial charge in [-0.1, -0.05) is 0 Å². The van der Waals surface area contributed by atoms with Gasteiger partial charge in [0, 0.05) is 0 Å². The molecule has 16 heavy (non-hydrogen) atoms. The number of halogens is 1. The maximum absolute atomic E-state index is 10.9. The van der Waals surface area contributed by atoms with Gasteiger partial charge in [0.05, 0.1) is 40.3 Å². The molecule has 1 saturated heterocycles. The van der Waals surface area contributed by atoms with Crippen LogP contribution in [0, 0.1) is 0 Å². The van der Waals surface area contributed by atoms with E-state index in [9.17, 15) is 4.79 Å². The Morgan fingerprint density at radius 2 is 2.00 bits per heavy atom. The van der Waals surface area contributed by atoms with Crippen LogP contribution >= 0.6 is 0 Å². The third-order valence-electron chi connectivity index (χ3n) is 2.63. The summed E-state index contributed by atoms with van der Waals surface area (Å²) in [5.41, 5.74) is 0. The summed E-state index contributed by atoms with van der Waals surface area (Å²) < 4.78 is 31.5. The van der Waals surface area contributed by atoms with Gasteiger partial charge >= 0.3 is 18.4 Å². The predicted octanol–water partition coefficient (Wildman–Crippen LogP) is -0.321. The van der Waals surface area contributed by atoms with Crippen LogP contribution in [-0.2, 0) is 19.0 Å². The molecule has 0 aromatic heterocycles. The molecule has 0 N–H and O–H groups in total. The summed E-state index contributed by atoms with van der Waals surface area (Å²) in [6.45, 7) is 4.46. The standard InChI is InChI=1S/C9H18NO3.BO.FH/c1-10(4-3-9(11)12-2)5-7-13-8-6-10;1-2;/h3-8H2,1-2H3;;1H/q+1;;/i/hD. The fourth-order valence-corrected chi connectivity index (χ4v) is 1.47. The van der Waals surface area contributed by atoms with Crippen LogP contribution in [0.25, 0.3) is 0 Å². The van der Waals surface area contributed by atoms with Crippen molar-refractivity contribution in [3.8, 4) is 0 Å². The quantitative estimate of drug-likeness (QED) is 0.383. The van der Waals surface area contributed by atoms with Crippen LogP contribution in [-0.4, -0.2) is 66.6 Å². The Kier molecular flexibility index (Phi) is 8.93. The number of carbonyl (C=O) groups excluding carboxylic acids is 1. The van der Waals surface area contributed by atoms with Crippen molar-refractivity contribution in [3.05, 3.63) is 0 Å². The molecule has 0 amide bonds. The van der Waals surface area contributed by atoms with Crippen molar-refractivity contribution in [1.29, 1.82) is 1.45 Å². The molecule has 0 bridgehead atoms. The Labute approximate surface area is 97.6 Å². The van der Waals surface area contributed by atoms with Crippen LogP contribution < -0.4 is 0 Å². The van der Waals surface area contributed by atoms with Gasteiger partial charge in [-0.15, -0.1) is 0 Å². The Morgan fingerprint density at radius 3 is 2.44 bits per heavy atom. The van der Waals surface area contributed by atoms with E-state index in [0.717, 1.165) is 37.3 Å². The summed E-state index contributed by atoms with van der Waals surface area (Å²) in [4.78, 5) is 10.9. The monoisotopic (exact) mass is 236 g/mol. The minimum absolute atomic E-state index is 0.120. The number of carbonyl (C=O) groups is 1. The van der Waals surface area contributed by atoms with E-state index < -0.39 is 0 Å². The van der Waals surface area contributed by atoms with Gasteiger partial charge in [-0.25, -0.2) is 0 Å². The van der Waals surface area contributed by atoms with E-state index in [1.165, 1.54) is 7.11 Å². The van der Waals surface area contributed by atoms with E-state index in [1.54, 1.807) is 0 Å². The molecule has 1 radical (unpaired) electrons. The number of esters is 1. The molecule has 1 fully saturated rings. The molecule has 93 valence electrons. The Bertz CT molecular complexity index is 205. The number of rotatable bonds is 3. The molecule has 1 rings (SSSR count). The van der Waals surface area contributed by atoms with Crippen molar-refractivity contribution in [3.63, 3.8) is 0 Å². The van der Waals surface area contributed by atoms with E-state index in [4.69, 9.17) is 14.2 Å². The van der Waals surface area contributed by atoms with E-state index in [2.05, 4.69) is 21.0 Å². The molecule has 0 atom stereocenters. The fraction of sp³-hybridized carbons (Fsp3) is 0.889. The van der Waals surface area contributed by atoms with Gasteiger partial charge in [-0.05, 0) is 0 Å². The van der Waals surface area contributed by atoms with Gasteiger partial charge in [-0.3, -0.25) is 9.51 Å². The molecule has 5 nitrogen and oxygen atoms in total. The number of methoxy groups -OCH3 is 1. The molecule has 7 heteroatoms. The third kappa shape index (κ3) is 6.63. The summed E-state index contributed by atoms with van der Waals surface area (Å²) in [6.07, 6.45) is 0.507. The summed E-state index contributed by atoms with van der Waals surface area (Å²) in [5, 5.41) is 0. The second kappa shape index (κ2) is 9.41. The van der Waals surface area contributed by atoms with Crippen LogP contribution in [0.1, 0.15) is 6.42 Å². The van der Waals surface area contributed by atoms with E-state index >= 15 is 0 Å². The number of ether oxygens (including phenoxy) is 2. The Hall–Kier alpha value is -0.815. The number of morpholine rings is 1. The second-order valence-electron chi connectivity index (χ2n) is 3.73. The first-order chi connectivity index (χ1) is 8.16. The van der Waals surface area contributed by atoms with Crippen molar-refractivity contribution < 1.29 is 28.2 Å². The number of quaternary nitrogens is 1. The second-order valence-corrected chi connectivity index (χ2v) is 3.73. The molecule has 0 spiro atoms. The zero-order chi connectivity index (χ0) is 13.7. The van der Waals surface area contributed by atoms with Crippen molar-refractivity contribution >= 4 is 13.7 Å². The van der Waals surface area contributed by atoms with Crippen LogP contribution in [0.5, 0.6) is 0 Å². The van der Waals surface area contributed by atoms with Crippen molar-refractivity contribution in [1.82, 2.24) is 0 Å². The number of likely N-dealkylation sites (N-methyl/N-ethyl adjacent to an activating group) is 1. The normalized spacial score (nSPS) is 17.8. The fourth-order valence-electron chi connectivity index (χ4n) is 1.47. The van der Waals surface area contributed by atoms with Crippen LogP contribution in [0.4, 0.5) is 4.72 Å². The zero-order valence-corrected chi connectivity index (χ0v) is 9.78. The Balaban J connectivity index is 0. The molecule has 0 aromatic carbocycles. The SMILES string of the molecule is COC(=O)CC[N+]1(C)CCOCC1.[2H]F.[B]=O. The summed E-state index contributed by atoms with van der Waals surface area (Å²) in [6, 6.07) is 0. The summed E-state index contributed by atoms with van der Waals surface area (Å²) >= 11 is 0. The van der Waals surface area contributed by atoms with Gasteiger partial charge < -0.3 is 14.0 Å². The third-order valence-corrected chi connectivity index (χ3v) is 2.63. The van der Waals surface area contributed by atoms with Crippen molar-refractivity contribution in [2.24, 2.45) is 0 Å². The molecule has 1 heterocycles. The maximum atomic E-state index is 10.9. The average molecular weight is 236 g/mol. The first-order valence-corrected chi connectivity index (χ1v) is 4.88. The van der Waals surface area contributed by atoms with Crippen LogP contribution in [0.3, 0.4) is 0 Å². The Morgan fingerprint density at radius 1 is 1.50 bits per heavy atom. The van der Waals surface area contributed by atoms with Gasteiger partial charge in [0.1, 0.15) is 13.1 Å². The first kappa shape index (κ1) is 15.2. The number of nitrogens with zero attached hydrogens (tertiary/aromatic N) is 1. The molecule has 0 aliphatic carbocycles. The van der Waals surface area contributed by atoms with Crippen LogP contribution in [0.2, 0.25) is 0 Å². The predicted molar refractivity (Wildman–Crippen MR) is 57.2 cm³/mol. The molecule has 0 aromatic rings.